The first-order valence-electron chi connectivity index (χ1n) is 4.55. The molecule has 0 aliphatic carbocycles. The molecule has 1 aliphatic heterocycles. The molecule has 0 radical (unpaired) electrons. The zero-order valence-electron chi connectivity index (χ0n) is 7.95. The van der Waals surface area contributed by atoms with E-state index in [1.54, 1.807) is 6.92 Å². The number of halogens is 1. The van der Waals surface area contributed by atoms with Crippen molar-refractivity contribution in [1.82, 2.24) is 5.32 Å². The zero-order chi connectivity index (χ0) is 9.03. The van der Waals surface area contributed by atoms with Gasteiger partial charge in [0.1, 0.15) is 9.84 Å². The molecule has 13 heavy (non-hydrogen) atoms. The lowest BCUT2D eigenvalue weighted by atomic mass is 10.0. The molecule has 1 fully saturated rings. The van der Waals surface area contributed by atoms with Gasteiger partial charge in [0.2, 0.25) is 0 Å². The fraction of sp³-hybridized carbons (Fsp3) is 1.00. The first-order chi connectivity index (χ1) is 5.64. The second-order valence-electron chi connectivity index (χ2n) is 3.39. The van der Waals surface area contributed by atoms with Crippen LogP contribution in [0.5, 0.6) is 0 Å². The number of sulfone groups is 1. The van der Waals surface area contributed by atoms with Crippen molar-refractivity contribution in [2.45, 2.75) is 19.8 Å². The minimum absolute atomic E-state index is 0. The average molecular weight is 228 g/mol. The topological polar surface area (TPSA) is 46.2 Å². The van der Waals surface area contributed by atoms with Crippen molar-refractivity contribution in [3.05, 3.63) is 0 Å². The molecule has 0 aromatic carbocycles. The highest BCUT2D eigenvalue weighted by molar-refractivity contribution is 7.91. The van der Waals surface area contributed by atoms with Crippen LogP contribution < -0.4 is 5.32 Å². The molecule has 1 rings (SSSR count). The summed E-state index contributed by atoms with van der Waals surface area (Å²) < 4.78 is 22.5. The third-order valence-electron chi connectivity index (χ3n) is 2.39. The van der Waals surface area contributed by atoms with Crippen LogP contribution in [0.25, 0.3) is 0 Å². The van der Waals surface area contributed by atoms with Crippen LogP contribution in [0, 0.1) is 5.92 Å². The highest BCUT2D eigenvalue weighted by Gasteiger charge is 2.19. The molecule has 0 unspecified atom stereocenters. The van der Waals surface area contributed by atoms with Crippen LogP contribution in [-0.2, 0) is 9.84 Å². The normalized spacial score (nSPS) is 19.5. The Hall–Kier alpha value is 0.200. The van der Waals surface area contributed by atoms with Crippen molar-refractivity contribution in [2.24, 2.45) is 5.92 Å². The van der Waals surface area contributed by atoms with Gasteiger partial charge in [-0.15, -0.1) is 12.4 Å². The maximum atomic E-state index is 11.2. The molecule has 0 saturated carbocycles. The molecule has 0 bridgehead atoms. The summed E-state index contributed by atoms with van der Waals surface area (Å²) in [6, 6.07) is 0. The van der Waals surface area contributed by atoms with E-state index in [1.165, 1.54) is 0 Å². The number of piperidine rings is 1. The standard InChI is InChI=1S/C8H17NO2S.ClH/c1-2-12(10,11)7-8-3-5-9-6-4-8;/h8-9H,2-7H2,1H3;1H. The van der Waals surface area contributed by atoms with Crippen molar-refractivity contribution in [2.75, 3.05) is 24.6 Å². The van der Waals surface area contributed by atoms with Crippen molar-refractivity contribution < 1.29 is 8.42 Å². The lowest BCUT2D eigenvalue weighted by Crippen LogP contribution is -2.31. The summed E-state index contributed by atoms with van der Waals surface area (Å²) in [4.78, 5) is 0. The Morgan fingerprint density at radius 1 is 1.31 bits per heavy atom. The van der Waals surface area contributed by atoms with E-state index in [-0.39, 0.29) is 18.2 Å². The van der Waals surface area contributed by atoms with Crippen LogP contribution in [0.1, 0.15) is 19.8 Å². The zero-order valence-corrected chi connectivity index (χ0v) is 9.59. The van der Waals surface area contributed by atoms with Gasteiger partial charge >= 0.3 is 0 Å². The second-order valence-corrected chi connectivity index (χ2v) is 5.79. The number of hydrogen-bond donors (Lipinski definition) is 1. The van der Waals surface area contributed by atoms with Gasteiger partial charge < -0.3 is 5.32 Å². The maximum absolute atomic E-state index is 11.2. The second kappa shape index (κ2) is 5.83. The number of rotatable bonds is 3. The molecule has 0 amide bonds. The summed E-state index contributed by atoms with van der Waals surface area (Å²) in [7, 11) is -2.75. The van der Waals surface area contributed by atoms with Gasteiger partial charge in [0.05, 0.1) is 5.75 Å². The Kier molecular flexibility index (Phi) is 5.92. The highest BCUT2D eigenvalue weighted by atomic mass is 35.5. The van der Waals surface area contributed by atoms with Crippen molar-refractivity contribution in [3.8, 4) is 0 Å². The molecule has 0 aromatic heterocycles. The largest absolute Gasteiger partial charge is 0.317 e. The van der Waals surface area contributed by atoms with Gasteiger partial charge in [0, 0.05) is 5.75 Å². The van der Waals surface area contributed by atoms with E-state index in [0.29, 0.717) is 11.7 Å². The number of hydrogen-bond acceptors (Lipinski definition) is 3. The van der Waals surface area contributed by atoms with E-state index in [9.17, 15) is 8.42 Å². The monoisotopic (exact) mass is 227 g/mol. The van der Waals surface area contributed by atoms with Gasteiger partial charge in [-0.05, 0) is 31.8 Å². The predicted octanol–water partition coefficient (Wildman–Crippen LogP) is 0.843. The highest BCUT2D eigenvalue weighted by Crippen LogP contribution is 2.14. The average Bonchev–Trinajstić information content (AvgIpc) is 2.06. The molecule has 0 aromatic rings. The molecule has 0 atom stereocenters. The lowest BCUT2D eigenvalue weighted by molar-refractivity contribution is 0.401. The van der Waals surface area contributed by atoms with Crippen LogP contribution in [-0.4, -0.2) is 33.0 Å². The Bertz CT molecular complexity index is 222. The molecule has 80 valence electrons. The van der Waals surface area contributed by atoms with Gasteiger partial charge in [-0.1, -0.05) is 6.92 Å². The summed E-state index contributed by atoms with van der Waals surface area (Å²) in [5.74, 6) is 1.08. The first-order valence-corrected chi connectivity index (χ1v) is 6.37. The quantitative estimate of drug-likeness (QED) is 0.778. The minimum atomic E-state index is -2.75. The number of nitrogens with one attached hydrogen (secondary N) is 1. The molecular weight excluding hydrogens is 210 g/mol. The summed E-state index contributed by atoms with van der Waals surface area (Å²) in [5, 5.41) is 3.22. The van der Waals surface area contributed by atoms with Crippen LogP contribution in [0.2, 0.25) is 0 Å². The molecule has 0 spiro atoms. The van der Waals surface area contributed by atoms with Crippen molar-refractivity contribution in [3.63, 3.8) is 0 Å². The fourth-order valence-electron chi connectivity index (χ4n) is 1.53. The van der Waals surface area contributed by atoms with Gasteiger partial charge in [0.15, 0.2) is 0 Å². The molecule has 1 aliphatic rings. The van der Waals surface area contributed by atoms with E-state index in [1.807, 2.05) is 0 Å². The SMILES string of the molecule is CCS(=O)(=O)CC1CCNCC1.Cl. The van der Waals surface area contributed by atoms with Gasteiger partial charge in [-0.2, -0.15) is 0 Å². The smallest absolute Gasteiger partial charge is 0.150 e. The van der Waals surface area contributed by atoms with Crippen molar-refractivity contribution in [1.29, 1.82) is 0 Å². The van der Waals surface area contributed by atoms with Gasteiger partial charge in [-0.25, -0.2) is 8.42 Å². The van der Waals surface area contributed by atoms with Crippen molar-refractivity contribution >= 4 is 22.2 Å². The Morgan fingerprint density at radius 3 is 2.31 bits per heavy atom. The molecule has 1 N–H and O–H groups in total. The molecule has 1 saturated heterocycles. The van der Waals surface area contributed by atoms with Gasteiger partial charge in [0.25, 0.3) is 0 Å². The maximum Gasteiger partial charge on any atom is 0.150 e. The molecule has 3 nitrogen and oxygen atoms in total. The van der Waals surface area contributed by atoms with Crippen LogP contribution in [0.15, 0.2) is 0 Å². The molecule has 1 heterocycles. The van der Waals surface area contributed by atoms with E-state index >= 15 is 0 Å². The van der Waals surface area contributed by atoms with Crippen LogP contribution in [0.3, 0.4) is 0 Å². The third kappa shape index (κ3) is 4.84. The van der Waals surface area contributed by atoms with Crippen LogP contribution in [0.4, 0.5) is 0 Å². The fourth-order valence-corrected chi connectivity index (χ4v) is 2.81. The summed E-state index contributed by atoms with van der Waals surface area (Å²) in [6.07, 6.45) is 2.03. The Morgan fingerprint density at radius 2 is 1.85 bits per heavy atom. The van der Waals surface area contributed by atoms with Crippen LogP contribution >= 0.6 is 12.4 Å². The Labute approximate surface area is 86.6 Å². The lowest BCUT2D eigenvalue weighted by Gasteiger charge is -2.21. The predicted molar refractivity (Wildman–Crippen MR) is 57.2 cm³/mol. The first kappa shape index (κ1) is 13.2. The molecule has 5 heteroatoms. The third-order valence-corrected chi connectivity index (χ3v) is 4.25. The summed E-state index contributed by atoms with van der Waals surface area (Å²) in [5.41, 5.74) is 0. The van der Waals surface area contributed by atoms with E-state index in [0.717, 1.165) is 25.9 Å². The minimum Gasteiger partial charge on any atom is -0.317 e. The Balaban J connectivity index is 0.00000144. The summed E-state index contributed by atoms with van der Waals surface area (Å²) in [6.45, 7) is 3.67. The molecular formula is C8H18ClNO2S. The van der Waals surface area contributed by atoms with Gasteiger partial charge in [-0.3, -0.25) is 0 Å². The van der Waals surface area contributed by atoms with E-state index < -0.39 is 9.84 Å². The van der Waals surface area contributed by atoms with E-state index in [4.69, 9.17) is 0 Å². The summed E-state index contributed by atoms with van der Waals surface area (Å²) >= 11 is 0. The van der Waals surface area contributed by atoms with E-state index in [2.05, 4.69) is 5.32 Å².